The van der Waals surface area contributed by atoms with Crippen LogP contribution < -0.4 is 0 Å². The van der Waals surface area contributed by atoms with Crippen LogP contribution in [0.2, 0.25) is 0 Å². The number of aldehydes is 1. The Kier molecular flexibility index (Phi) is 5.03. The molecule has 3 rings (SSSR count). The molecule has 0 fully saturated rings. The number of para-hydroxylation sites is 1. The Balaban J connectivity index is 2.17. The molecule has 1 heterocycles. The number of nitrogens with zero attached hydrogens (tertiary/aromatic N) is 1. The van der Waals surface area contributed by atoms with Crippen molar-refractivity contribution in [1.82, 2.24) is 4.57 Å². The molecule has 27 heavy (non-hydrogen) atoms. The van der Waals surface area contributed by atoms with Crippen molar-refractivity contribution in [1.29, 1.82) is 0 Å². The minimum atomic E-state index is -4.47. The van der Waals surface area contributed by atoms with Gasteiger partial charge in [0, 0.05) is 17.4 Å². The summed E-state index contributed by atoms with van der Waals surface area (Å²) < 4.78 is 45.6. The summed E-state index contributed by atoms with van der Waals surface area (Å²) in [5.41, 5.74) is 0.347. The fourth-order valence-corrected chi connectivity index (χ4v) is 3.06. The topological polar surface area (TPSA) is 48.3 Å². The van der Waals surface area contributed by atoms with E-state index in [4.69, 9.17) is 4.74 Å². The molecular weight excluding hydrogens is 359 g/mol. The van der Waals surface area contributed by atoms with Gasteiger partial charge in [0.15, 0.2) is 6.29 Å². The average molecular weight is 375 g/mol. The number of halogens is 3. The lowest BCUT2D eigenvalue weighted by Gasteiger charge is -2.13. The van der Waals surface area contributed by atoms with Gasteiger partial charge in [0.25, 0.3) is 0 Å². The van der Waals surface area contributed by atoms with Gasteiger partial charge in [-0.25, -0.2) is 4.79 Å². The highest BCUT2D eigenvalue weighted by Crippen LogP contribution is 2.31. The molecule has 0 spiro atoms. The van der Waals surface area contributed by atoms with Gasteiger partial charge < -0.3 is 9.30 Å². The van der Waals surface area contributed by atoms with Crippen LogP contribution in [0, 0.1) is 0 Å². The Morgan fingerprint density at radius 1 is 1.15 bits per heavy atom. The van der Waals surface area contributed by atoms with E-state index < -0.39 is 17.7 Å². The monoisotopic (exact) mass is 375 g/mol. The van der Waals surface area contributed by atoms with Crippen LogP contribution in [0.5, 0.6) is 0 Å². The van der Waals surface area contributed by atoms with Crippen LogP contribution in [0.4, 0.5) is 13.2 Å². The van der Waals surface area contributed by atoms with E-state index in [9.17, 15) is 22.8 Å². The molecule has 2 aromatic carbocycles. The number of hydrogen-bond donors (Lipinski definition) is 0. The van der Waals surface area contributed by atoms with Gasteiger partial charge in [0.1, 0.15) is 5.69 Å². The summed E-state index contributed by atoms with van der Waals surface area (Å²) in [6.45, 7) is 1.74. The Morgan fingerprint density at radius 2 is 1.89 bits per heavy atom. The largest absolute Gasteiger partial charge is 0.461 e. The van der Waals surface area contributed by atoms with Crippen molar-refractivity contribution in [2.45, 2.75) is 19.6 Å². The van der Waals surface area contributed by atoms with Gasteiger partial charge >= 0.3 is 12.1 Å². The maximum absolute atomic E-state index is 13.0. The molecule has 0 amide bonds. The van der Waals surface area contributed by atoms with Crippen LogP contribution in [-0.4, -0.2) is 23.4 Å². The Bertz CT molecular complexity index is 1010. The molecule has 0 saturated heterocycles. The fraction of sp³-hybridized carbons (Fsp3) is 0.200. The molecule has 0 saturated carbocycles. The highest BCUT2D eigenvalue weighted by molar-refractivity contribution is 6.08. The molecule has 4 nitrogen and oxygen atoms in total. The van der Waals surface area contributed by atoms with E-state index in [2.05, 4.69) is 0 Å². The van der Waals surface area contributed by atoms with E-state index in [1.54, 1.807) is 37.3 Å². The lowest BCUT2D eigenvalue weighted by atomic mass is 10.1. The van der Waals surface area contributed by atoms with E-state index in [1.165, 1.54) is 10.6 Å². The van der Waals surface area contributed by atoms with Gasteiger partial charge in [-0.15, -0.1) is 0 Å². The second kappa shape index (κ2) is 7.26. The number of aromatic nitrogens is 1. The summed E-state index contributed by atoms with van der Waals surface area (Å²) in [4.78, 5) is 24.1. The number of esters is 1. The number of benzene rings is 2. The van der Waals surface area contributed by atoms with Crippen LogP contribution >= 0.6 is 0 Å². The summed E-state index contributed by atoms with van der Waals surface area (Å²) in [6, 6.07) is 11.7. The number of carbonyl (C=O) groups is 2. The maximum Gasteiger partial charge on any atom is 0.416 e. The predicted molar refractivity (Wildman–Crippen MR) is 93.8 cm³/mol. The fourth-order valence-electron chi connectivity index (χ4n) is 3.06. The summed E-state index contributed by atoms with van der Waals surface area (Å²) in [7, 11) is 0. The molecule has 140 valence electrons. The van der Waals surface area contributed by atoms with Crippen LogP contribution in [0.25, 0.3) is 10.9 Å². The van der Waals surface area contributed by atoms with Crippen molar-refractivity contribution in [2.24, 2.45) is 0 Å². The van der Waals surface area contributed by atoms with E-state index in [1.807, 2.05) is 0 Å². The van der Waals surface area contributed by atoms with Crippen molar-refractivity contribution >= 4 is 23.2 Å². The molecular formula is C20H16F3NO3. The SMILES string of the molecule is CCOC(=O)c1c(C=O)c2ccccc2n1Cc1cccc(C(F)(F)F)c1. The lowest BCUT2D eigenvalue weighted by molar-refractivity contribution is -0.137. The zero-order valence-corrected chi connectivity index (χ0v) is 14.4. The normalized spacial score (nSPS) is 11.6. The van der Waals surface area contributed by atoms with E-state index in [0.717, 1.165) is 12.1 Å². The molecule has 0 bridgehead atoms. The summed E-state index contributed by atoms with van der Waals surface area (Å²) in [6.07, 6.45) is -3.90. The number of alkyl halides is 3. The number of fused-ring (bicyclic) bond motifs is 1. The standard InChI is InChI=1S/C20H16F3NO3/c1-2-27-19(26)18-16(12-25)15-8-3-4-9-17(15)24(18)11-13-6-5-7-14(10-13)20(21,22)23/h3-10,12H,2,11H2,1H3. The van der Waals surface area contributed by atoms with Crippen LogP contribution in [0.3, 0.4) is 0 Å². The van der Waals surface area contributed by atoms with Crippen LogP contribution in [-0.2, 0) is 17.5 Å². The third kappa shape index (κ3) is 3.58. The second-order valence-electron chi connectivity index (χ2n) is 5.90. The first kappa shape index (κ1) is 18.7. The molecule has 7 heteroatoms. The van der Waals surface area contributed by atoms with Gasteiger partial charge in [-0.1, -0.05) is 30.3 Å². The first-order valence-corrected chi connectivity index (χ1v) is 8.26. The summed E-state index contributed by atoms with van der Waals surface area (Å²) >= 11 is 0. The molecule has 0 aliphatic heterocycles. The molecule has 0 radical (unpaired) electrons. The highest BCUT2D eigenvalue weighted by atomic mass is 19.4. The van der Waals surface area contributed by atoms with Crippen molar-refractivity contribution in [3.05, 3.63) is 70.9 Å². The molecule has 0 unspecified atom stereocenters. The van der Waals surface area contributed by atoms with E-state index in [-0.39, 0.29) is 24.4 Å². The van der Waals surface area contributed by atoms with Gasteiger partial charge in [-0.05, 0) is 30.7 Å². The number of carbonyl (C=O) groups excluding carboxylic acids is 2. The van der Waals surface area contributed by atoms with Crippen molar-refractivity contribution < 1.29 is 27.5 Å². The maximum atomic E-state index is 13.0. The zero-order valence-electron chi connectivity index (χ0n) is 14.4. The number of hydrogen-bond acceptors (Lipinski definition) is 3. The summed E-state index contributed by atoms with van der Waals surface area (Å²) in [5.74, 6) is -0.692. The van der Waals surface area contributed by atoms with Crippen molar-refractivity contribution in [3.8, 4) is 0 Å². The zero-order chi connectivity index (χ0) is 19.6. The first-order chi connectivity index (χ1) is 12.9. The second-order valence-corrected chi connectivity index (χ2v) is 5.90. The van der Waals surface area contributed by atoms with Gasteiger partial charge in [0.2, 0.25) is 0 Å². The first-order valence-electron chi connectivity index (χ1n) is 8.26. The van der Waals surface area contributed by atoms with Crippen LogP contribution in [0.15, 0.2) is 48.5 Å². The minimum absolute atomic E-state index is 0.00752. The van der Waals surface area contributed by atoms with Crippen molar-refractivity contribution in [3.63, 3.8) is 0 Å². The van der Waals surface area contributed by atoms with Gasteiger partial charge in [-0.2, -0.15) is 13.2 Å². The molecule has 3 aromatic rings. The molecule has 0 aliphatic carbocycles. The van der Waals surface area contributed by atoms with E-state index in [0.29, 0.717) is 22.8 Å². The number of ether oxygens (including phenoxy) is 1. The third-order valence-corrected chi connectivity index (χ3v) is 4.19. The Morgan fingerprint density at radius 3 is 2.56 bits per heavy atom. The molecule has 1 aromatic heterocycles. The third-order valence-electron chi connectivity index (χ3n) is 4.19. The predicted octanol–water partition coefficient (Wildman–Crippen LogP) is 4.70. The van der Waals surface area contributed by atoms with Gasteiger partial charge in [-0.3, -0.25) is 4.79 Å². The number of rotatable bonds is 5. The molecule has 0 N–H and O–H groups in total. The van der Waals surface area contributed by atoms with Crippen molar-refractivity contribution in [2.75, 3.05) is 6.61 Å². The van der Waals surface area contributed by atoms with Gasteiger partial charge in [0.05, 0.1) is 17.7 Å². The Labute approximate surface area is 153 Å². The quantitative estimate of drug-likeness (QED) is 0.480. The minimum Gasteiger partial charge on any atom is -0.461 e. The summed E-state index contributed by atoms with van der Waals surface area (Å²) in [5, 5.41) is 0.544. The molecule has 0 atom stereocenters. The average Bonchev–Trinajstić information content (AvgIpc) is 2.95. The molecule has 0 aliphatic rings. The lowest BCUT2D eigenvalue weighted by Crippen LogP contribution is -2.15. The van der Waals surface area contributed by atoms with Crippen LogP contribution in [0.1, 0.15) is 38.9 Å². The Hall–Kier alpha value is -3.09. The highest BCUT2D eigenvalue weighted by Gasteiger charge is 2.30. The van der Waals surface area contributed by atoms with E-state index >= 15 is 0 Å². The smallest absolute Gasteiger partial charge is 0.416 e.